The average molecular weight is 430 g/mol. The molecule has 2 aromatic rings. The Morgan fingerprint density at radius 2 is 1.87 bits per heavy atom. The summed E-state index contributed by atoms with van der Waals surface area (Å²) in [6, 6.07) is 4.11. The molecule has 3 N–H and O–H groups in total. The molecule has 160 valence electrons. The fraction of sp³-hybridized carbons (Fsp3) is 0.409. The molecule has 1 aromatic carbocycles. The van der Waals surface area contributed by atoms with Crippen LogP contribution >= 0.6 is 11.3 Å². The molecule has 1 aromatic heterocycles. The quantitative estimate of drug-likeness (QED) is 0.760. The highest BCUT2D eigenvalue weighted by atomic mass is 32.1. The smallest absolute Gasteiger partial charge is 0.410 e. The molecule has 0 saturated carbocycles. The summed E-state index contributed by atoms with van der Waals surface area (Å²) in [6.07, 6.45) is 0.330. The summed E-state index contributed by atoms with van der Waals surface area (Å²) in [5, 5.41) is 3.33. The van der Waals surface area contributed by atoms with Gasteiger partial charge >= 0.3 is 6.09 Å². The Labute approximate surface area is 180 Å². The zero-order valence-electron chi connectivity index (χ0n) is 17.8. The highest BCUT2D eigenvalue weighted by Crippen LogP contribution is 2.37. The molecule has 0 aliphatic carbocycles. The third-order valence-corrected chi connectivity index (χ3v) is 6.39. The third-order valence-electron chi connectivity index (χ3n) is 5.26. The second-order valence-electron chi connectivity index (χ2n) is 7.54. The predicted octanol–water partition coefficient (Wildman–Crippen LogP) is 3.47. The van der Waals surface area contributed by atoms with Gasteiger partial charge in [0, 0.05) is 11.4 Å². The molecule has 8 heteroatoms. The largest absolute Gasteiger partial charge is 0.450 e. The predicted molar refractivity (Wildman–Crippen MR) is 117 cm³/mol. The van der Waals surface area contributed by atoms with Crippen molar-refractivity contribution in [3.63, 3.8) is 0 Å². The summed E-state index contributed by atoms with van der Waals surface area (Å²) in [4.78, 5) is 39.4. The number of fused-ring (bicyclic) bond motifs is 1. The van der Waals surface area contributed by atoms with Crippen molar-refractivity contribution >= 4 is 34.2 Å². The number of nitrogens with zero attached hydrogens (tertiary/aromatic N) is 1. The van der Waals surface area contributed by atoms with Gasteiger partial charge in [-0.25, -0.2) is 4.79 Å². The highest BCUT2D eigenvalue weighted by Gasteiger charge is 2.30. The van der Waals surface area contributed by atoms with Crippen LogP contribution in [0.2, 0.25) is 0 Å². The Hall–Kier alpha value is -2.87. The van der Waals surface area contributed by atoms with Gasteiger partial charge in [0.25, 0.3) is 5.91 Å². The summed E-state index contributed by atoms with van der Waals surface area (Å²) in [6.45, 7) is 8.85. The van der Waals surface area contributed by atoms with E-state index >= 15 is 0 Å². The van der Waals surface area contributed by atoms with Crippen LogP contribution in [0.5, 0.6) is 0 Å². The number of benzene rings is 1. The van der Waals surface area contributed by atoms with Crippen molar-refractivity contribution < 1.29 is 19.1 Å². The standard InChI is InChI=1S/C22H27N3O4S/c1-5-29-22(28)25-7-6-15-17(11-25)30-21(19(15)20(23)27)24-18(26)10-16-13(3)8-12(2)9-14(16)4/h8-9H,5-7,10-11H2,1-4H3,(H2,23,27)(H,24,26). The number of primary amides is 1. The van der Waals surface area contributed by atoms with Crippen molar-refractivity contribution in [1.82, 2.24) is 4.90 Å². The molecule has 1 aliphatic rings. The summed E-state index contributed by atoms with van der Waals surface area (Å²) < 4.78 is 5.07. The van der Waals surface area contributed by atoms with Crippen molar-refractivity contribution in [2.45, 2.75) is 47.1 Å². The zero-order valence-corrected chi connectivity index (χ0v) is 18.6. The molecule has 0 unspecified atom stereocenters. The first-order chi connectivity index (χ1) is 14.2. The van der Waals surface area contributed by atoms with Gasteiger partial charge in [0.15, 0.2) is 0 Å². The lowest BCUT2D eigenvalue weighted by Crippen LogP contribution is -2.36. The van der Waals surface area contributed by atoms with E-state index in [9.17, 15) is 14.4 Å². The molecule has 0 spiro atoms. The van der Waals surface area contributed by atoms with Crippen LogP contribution in [0.15, 0.2) is 12.1 Å². The molecule has 7 nitrogen and oxygen atoms in total. The monoisotopic (exact) mass is 429 g/mol. The minimum atomic E-state index is -0.574. The molecule has 30 heavy (non-hydrogen) atoms. The number of aryl methyl sites for hydroxylation is 3. The van der Waals surface area contributed by atoms with Crippen LogP contribution in [0.25, 0.3) is 0 Å². The topological polar surface area (TPSA) is 102 Å². The third kappa shape index (κ3) is 4.48. The van der Waals surface area contributed by atoms with Crippen molar-refractivity contribution in [1.29, 1.82) is 0 Å². The molecule has 1 aliphatic heterocycles. The van der Waals surface area contributed by atoms with E-state index in [1.165, 1.54) is 11.3 Å². The van der Waals surface area contributed by atoms with Gasteiger partial charge in [-0.05, 0) is 56.4 Å². The van der Waals surface area contributed by atoms with E-state index in [1.807, 2.05) is 20.8 Å². The van der Waals surface area contributed by atoms with Gasteiger partial charge in [0.05, 0.1) is 25.1 Å². The van der Waals surface area contributed by atoms with Crippen LogP contribution in [0, 0.1) is 20.8 Å². The number of thiophene rings is 1. The maximum Gasteiger partial charge on any atom is 0.410 e. The van der Waals surface area contributed by atoms with E-state index < -0.39 is 5.91 Å². The molecule has 2 heterocycles. The normalized spacial score (nSPS) is 13.0. The molecule has 3 rings (SSSR count). The number of amides is 3. The van der Waals surface area contributed by atoms with E-state index in [2.05, 4.69) is 17.4 Å². The molecular weight excluding hydrogens is 402 g/mol. The number of nitrogens with two attached hydrogens (primary N) is 1. The van der Waals surface area contributed by atoms with Crippen LogP contribution < -0.4 is 11.1 Å². The average Bonchev–Trinajstić information content (AvgIpc) is 3.01. The van der Waals surface area contributed by atoms with Crippen molar-refractivity contribution in [2.24, 2.45) is 5.73 Å². The van der Waals surface area contributed by atoms with Crippen LogP contribution in [0.4, 0.5) is 9.80 Å². The minimum Gasteiger partial charge on any atom is -0.450 e. The van der Waals surface area contributed by atoms with Gasteiger partial charge in [0.2, 0.25) is 5.91 Å². The van der Waals surface area contributed by atoms with E-state index in [4.69, 9.17) is 10.5 Å². The van der Waals surface area contributed by atoms with Gasteiger partial charge < -0.3 is 20.7 Å². The molecule has 0 saturated heterocycles. The lowest BCUT2D eigenvalue weighted by Gasteiger charge is -2.26. The molecule has 0 radical (unpaired) electrons. The lowest BCUT2D eigenvalue weighted by molar-refractivity contribution is -0.115. The summed E-state index contributed by atoms with van der Waals surface area (Å²) in [7, 11) is 0. The lowest BCUT2D eigenvalue weighted by atomic mass is 9.97. The van der Waals surface area contributed by atoms with Gasteiger partial charge in [-0.15, -0.1) is 11.3 Å². The Kier molecular flexibility index (Phi) is 6.45. The van der Waals surface area contributed by atoms with E-state index in [-0.39, 0.29) is 18.4 Å². The van der Waals surface area contributed by atoms with E-state index in [0.717, 1.165) is 32.7 Å². The number of rotatable bonds is 5. The van der Waals surface area contributed by atoms with Gasteiger partial charge in [0.1, 0.15) is 5.00 Å². The van der Waals surface area contributed by atoms with Crippen LogP contribution in [0.3, 0.4) is 0 Å². The number of carbonyl (C=O) groups is 3. The van der Waals surface area contributed by atoms with Crippen LogP contribution in [-0.2, 0) is 28.9 Å². The first-order valence-corrected chi connectivity index (χ1v) is 10.8. The SMILES string of the molecule is CCOC(=O)N1CCc2c(sc(NC(=O)Cc3c(C)cc(C)cc3C)c2C(N)=O)C1. The summed E-state index contributed by atoms with van der Waals surface area (Å²) in [5.41, 5.74) is 11.1. The fourth-order valence-electron chi connectivity index (χ4n) is 3.94. The molecule has 3 amide bonds. The number of hydrogen-bond acceptors (Lipinski definition) is 5. The highest BCUT2D eigenvalue weighted by molar-refractivity contribution is 7.17. The van der Waals surface area contributed by atoms with Crippen molar-refractivity contribution in [2.75, 3.05) is 18.5 Å². The second kappa shape index (κ2) is 8.87. The van der Waals surface area contributed by atoms with E-state index in [0.29, 0.717) is 36.7 Å². The summed E-state index contributed by atoms with van der Waals surface area (Å²) >= 11 is 1.30. The molecular formula is C22H27N3O4S. The van der Waals surface area contributed by atoms with Gasteiger partial charge in [-0.1, -0.05) is 17.7 Å². The first-order valence-electron chi connectivity index (χ1n) is 9.93. The van der Waals surface area contributed by atoms with Crippen LogP contribution in [0.1, 0.15) is 50.0 Å². The van der Waals surface area contributed by atoms with E-state index in [1.54, 1.807) is 11.8 Å². The summed E-state index contributed by atoms with van der Waals surface area (Å²) in [5.74, 6) is -0.775. The maximum absolute atomic E-state index is 12.8. The maximum atomic E-state index is 12.8. The number of nitrogens with one attached hydrogen (secondary N) is 1. The first kappa shape index (κ1) is 21.8. The number of anilines is 1. The molecule has 0 atom stereocenters. The Balaban J connectivity index is 1.82. The van der Waals surface area contributed by atoms with Crippen molar-refractivity contribution in [3.05, 3.63) is 50.4 Å². The van der Waals surface area contributed by atoms with Crippen LogP contribution in [-0.4, -0.2) is 36.0 Å². The Morgan fingerprint density at radius 1 is 1.20 bits per heavy atom. The Morgan fingerprint density at radius 3 is 2.47 bits per heavy atom. The molecule has 0 bridgehead atoms. The number of hydrogen-bond donors (Lipinski definition) is 2. The van der Waals surface area contributed by atoms with Crippen molar-refractivity contribution in [3.8, 4) is 0 Å². The Bertz CT molecular complexity index is 989. The fourth-order valence-corrected chi connectivity index (χ4v) is 5.23. The second-order valence-corrected chi connectivity index (χ2v) is 8.65. The number of ether oxygens (including phenoxy) is 1. The van der Waals surface area contributed by atoms with Gasteiger partial charge in [-0.3, -0.25) is 9.59 Å². The minimum absolute atomic E-state index is 0.201. The molecule has 0 fully saturated rings. The van der Waals surface area contributed by atoms with Gasteiger partial charge in [-0.2, -0.15) is 0 Å². The number of carbonyl (C=O) groups excluding carboxylic acids is 3. The zero-order chi connectivity index (χ0) is 22.0.